The first-order chi connectivity index (χ1) is 40.9. The van der Waals surface area contributed by atoms with Gasteiger partial charge in [-0.3, -0.25) is 39.7 Å². The molecule has 0 saturated heterocycles. The maximum absolute atomic E-state index is 12.9. The average Bonchev–Trinajstić information content (AvgIpc) is 0.974. The van der Waals surface area contributed by atoms with E-state index in [2.05, 4.69) is 96.5 Å². The zero-order valence-corrected chi connectivity index (χ0v) is 59.7. The summed E-state index contributed by atoms with van der Waals surface area (Å²) in [6, 6.07) is 13.8. The molecular weight excluding hydrogens is 1420 g/mol. The van der Waals surface area contributed by atoms with Crippen LogP contribution >= 0.6 is 47.8 Å². The van der Waals surface area contributed by atoms with Gasteiger partial charge in [0, 0.05) is 74.0 Å². The van der Waals surface area contributed by atoms with Gasteiger partial charge < -0.3 is 5.73 Å². The third kappa shape index (κ3) is 26.4. The monoisotopic (exact) mass is 1500 g/mol. The van der Waals surface area contributed by atoms with Crippen molar-refractivity contribution in [3.05, 3.63) is 179 Å². The van der Waals surface area contributed by atoms with Gasteiger partial charge in [0.05, 0.1) is 77.3 Å². The van der Waals surface area contributed by atoms with Crippen molar-refractivity contribution >= 4 is 93.2 Å². The quantitative estimate of drug-likeness (QED) is 0.0591. The van der Waals surface area contributed by atoms with E-state index in [-0.39, 0.29) is 35.0 Å². The van der Waals surface area contributed by atoms with Crippen LogP contribution in [0.3, 0.4) is 0 Å². The SMILES string of the molecule is C.Cc1cc(C=N[S@@](=O)C(C)(C)C)ncc1Br.Cc1cc(C=O)ncc1Br.Cc1cc([C@H](C)N)ncc1-c1ccnc(C(F)(F)F)c1.Cc1cc([C@H](C)N[S@@](=O)C(C)(C)C)ncc1-c1ccnc(C(F)(F)F)c1.Cc1cc([C@H](C)N[S@@](=O)C(C)(C)C)ncc1Br. The number of rotatable bonds is 12. The Balaban J connectivity index is 0.000000393. The van der Waals surface area contributed by atoms with Crippen LogP contribution in [0.2, 0.25) is 0 Å². The second kappa shape index (κ2) is 35.1. The Kier molecular flexibility index (Phi) is 31.6. The maximum Gasteiger partial charge on any atom is 0.433 e. The number of nitrogens with zero attached hydrogens (tertiary/aromatic N) is 8. The molecule has 27 heteroatoms. The second-order valence-corrected chi connectivity index (χ2v) is 31.7. The number of aldehydes is 1. The predicted molar refractivity (Wildman–Crippen MR) is 364 cm³/mol. The van der Waals surface area contributed by atoms with Crippen LogP contribution in [-0.4, -0.2) is 74.3 Å². The molecule has 0 unspecified atom stereocenters. The molecule has 0 radical (unpaired) electrons. The summed E-state index contributed by atoms with van der Waals surface area (Å²) in [6.45, 7) is 32.3. The molecule has 7 heterocycles. The van der Waals surface area contributed by atoms with E-state index in [4.69, 9.17) is 5.73 Å². The molecule has 0 bridgehead atoms. The summed E-state index contributed by atoms with van der Waals surface area (Å²) in [5, 5.41) is 0. The van der Waals surface area contributed by atoms with Crippen LogP contribution in [-0.2, 0) is 45.3 Å². The summed E-state index contributed by atoms with van der Waals surface area (Å²) in [5.74, 6) is 0. The molecule has 7 aromatic heterocycles. The topological polar surface area (TPSA) is 221 Å². The molecular formula is C63H80Br3F6N11O4S3. The van der Waals surface area contributed by atoms with Gasteiger partial charge >= 0.3 is 12.4 Å². The molecule has 492 valence electrons. The second-order valence-electron chi connectivity index (χ2n) is 23.2. The number of aromatic nitrogens is 7. The zero-order chi connectivity index (χ0) is 67.7. The summed E-state index contributed by atoms with van der Waals surface area (Å²) in [4.78, 5) is 37.8. The normalized spacial score (nSPS) is 13.8. The molecule has 0 aromatic carbocycles. The number of carbonyl (C=O) groups is 1. The van der Waals surface area contributed by atoms with Crippen LogP contribution in [0.25, 0.3) is 22.3 Å². The van der Waals surface area contributed by atoms with Crippen molar-refractivity contribution in [1.82, 2.24) is 44.3 Å². The molecule has 0 aliphatic rings. The van der Waals surface area contributed by atoms with E-state index >= 15 is 0 Å². The fraction of sp³-hybridized carbons (Fsp3) is 0.413. The van der Waals surface area contributed by atoms with Crippen molar-refractivity contribution < 1.29 is 43.8 Å². The van der Waals surface area contributed by atoms with Gasteiger partial charge in [-0.05, 0) is 259 Å². The fourth-order valence-electron chi connectivity index (χ4n) is 6.86. The van der Waals surface area contributed by atoms with Gasteiger partial charge in [-0.25, -0.2) is 22.1 Å². The zero-order valence-electron chi connectivity index (χ0n) is 52.5. The summed E-state index contributed by atoms with van der Waals surface area (Å²) < 4.78 is 124. The lowest BCUT2D eigenvalue weighted by Crippen LogP contribution is -2.35. The van der Waals surface area contributed by atoms with Crippen LogP contribution in [0.5, 0.6) is 0 Å². The lowest BCUT2D eigenvalue weighted by molar-refractivity contribution is -0.141. The van der Waals surface area contributed by atoms with E-state index in [1.165, 1.54) is 12.1 Å². The minimum atomic E-state index is -4.49. The molecule has 0 amide bonds. The average molecular weight is 1510 g/mol. The van der Waals surface area contributed by atoms with Gasteiger partial charge in [-0.2, -0.15) is 30.7 Å². The first-order valence-electron chi connectivity index (χ1n) is 27.3. The molecule has 0 aliphatic heterocycles. The van der Waals surface area contributed by atoms with Crippen LogP contribution < -0.4 is 15.2 Å². The number of aryl methyl sites for hydroxylation is 5. The molecule has 7 aromatic rings. The van der Waals surface area contributed by atoms with E-state index < -0.39 is 61.4 Å². The number of hydrogen-bond acceptors (Lipinski definition) is 12. The van der Waals surface area contributed by atoms with Crippen LogP contribution in [0.4, 0.5) is 26.3 Å². The van der Waals surface area contributed by atoms with Crippen molar-refractivity contribution in [1.29, 1.82) is 0 Å². The van der Waals surface area contributed by atoms with Gasteiger partial charge in [0.25, 0.3) is 0 Å². The van der Waals surface area contributed by atoms with Gasteiger partial charge in [0.15, 0.2) is 6.29 Å². The highest BCUT2D eigenvalue weighted by Crippen LogP contribution is 2.34. The maximum atomic E-state index is 12.9. The Labute approximate surface area is 558 Å². The smallest absolute Gasteiger partial charge is 0.323 e. The summed E-state index contributed by atoms with van der Waals surface area (Å²) >= 11 is 10.1. The van der Waals surface area contributed by atoms with Crippen molar-refractivity contribution in [2.45, 2.75) is 170 Å². The number of hydrogen-bond donors (Lipinski definition) is 3. The molecule has 0 fully saturated rings. The number of nitrogens with two attached hydrogens (primary N) is 1. The predicted octanol–water partition coefficient (Wildman–Crippen LogP) is 17.0. The Morgan fingerprint density at radius 3 is 1.19 bits per heavy atom. The number of nitrogens with one attached hydrogen (secondary N) is 2. The Morgan fingerprint density at radius 2 is 0.844 bits per heavy atom. The van der Waals surface area contributed by atoms with Crippen molar-refractivity contribution in [3.63, 3.8) is 0 Å². The first kappa shape index (κ1) is 80.8. The third-order valence-electron chi connectivity index (χ3n) is 12.2. The number of alkyl halides is 6. The van der Waals surface area contributed by atoms with Gasteiger partial charge in [0.1, 0.15) is 28.1 Å². The number of pyridine rings is 7. The first-order valence-corrected chi connectivity index (χ1v) is 33.1. The molecule has 6 atom stereocenters. The number of halogens is 9. The lowest BCUT2D eigenvalue weighted by atomic mass is 10.0. The number of carbonyl (C=O) groups excluding carboxylic acids is 1. The van der Waals surface area contributed by atoms with Crippen LogP contribution in [0.1, 0.15) is 181 Å². The molecule has 90 heavy (non-hydrogen) atoms. The minimum Gasteiger partial charge on any atom is -0.323 e. The molecule has 7 rings (SSSR count). The lowest BCUT2D eigenvalue weighted by Gasteiger charge is -2.22. The van der Waals surface area contributed by atoms with Crippen molar-refractivity contribution in [2.24, 2.45) is 10.1 Å². The Hall–Kier alpha value is -5.26. The van der Waals surface area contributed by atoms with Crippen LogP contribution in [0, 0.1) is 34.6 Å². The van der Waals surface area contributed by atoms with E-state index in [0.29, 0.717) is 39.3 Å². The molecule has 4 N–H and O–H groups in total. The third-order valence-corrected chi connectivity index (χ3v) is 19.3. The summed E-state index contributed by atoms with van der Waals surface area (Å²) in [6.07, 6.45) is 3.84. The van der Waals surface area contributed by atoms with E-state index in [1.807, 2.05) is 123 Å². The minimum absolute atomic E-state index is 0. The molecule has 0 saturated carbocycles. The largest absolute Gasteiger partial charge is 0.433 e. The molecule has 0 aliphatic carbocycles. The molecule has 15 nitrogen and oxygen atoms in total. The van der Waals surface area contributed by atoms with Gasteiger partial charge in [0.2, 0.25) is 0 Å². The van der Waals surface area contributed by atoms with Crippen LogP contribution in [0.15, 0.2) is 116 Å². The van der Waals surface area contributed by atoms with E-state index in [1.54, 1.807) is 62.3 Å². The van der Waals surface area contributed by atoms with Crippen molar-refractivity contribution in [3.8, 4) is 22.3 Å². The Bertz CT molecular complexity index is 3640. The van der Waals surface area contributed by atoms with Gasteiger partial charge in [-0.1, -0.05) is 7.43 Å². The standard InChI is InChI=1S/C18H22F3N3OS.C14H14F3N3.C12H19BrN2OS.C11H15BrN2OS.C7H6BrNO.CH4/c1-11-8-15(12(2)24-26(25)17(3,4)5)23-10-14(11)13-6-7-22-16(9-13)18(19,20)21;1-8-5-12(9(2)18)20-7-11(8)10-3-4-19-13(6-10)14(15,16)17;1-8-6-11(14-7-10(8)13)9(2)15-17(16)12(3,4)5;1-8-5-9(13-7-10(8)12)6-14-16(15)11(2,3)4;1-5-2-6(4-10)9-3-7(5)8;/h6-10,12,24H,1-5H3;3-7,9H,18H2,1-2H3;6-7,9,15H,1-5H3;5-7H,1-4H3;2-4H,1H3;1H4/t12-,26-;9-;9-,17-;16-;;/m0000../s1. The van der Waals surface area contributed by atoms with E-state index in [9.17, 15) is 43.8 Å². The van der Waals surface area contributed by atoms with Gasteiger partial charge in [-0.15, -0.1) is 0 Å². The highest BCUT2D eigenvalue weighted by molar-refractivity contribution is 9.11. The fourth-order valence-corrected chi connectivity index (χ4v) is 9.62. The molecule has 0 spiro atoms. The summed E-state index contributed by atoms with van der Waals surface area (Å²) in [7, 11) is -3.57. The highest BCUT2D eigenvalue weighted by Gasteiger charge is 2.34. The summed E-state index contributed by atoms with van der Waals surface area (Å²) in [5.41, 5.74) is 14.3. The Morgan fingerprint density at radius 1 is 0.500 bits per heavy atom. The van der Waals surface area contributed by atoms with E-state index in [0.717, 1.165) is 83.4 Å². The van der Waals surface area contributed by atoms with Crippen molar-refractivity contribution in [2.75, 3.05) is 0 Å². The highest BCUT2D eigenvalue weighted by atomic mass is 79.9.